The topological polar surface area (TPSA) is 86.7 Å². The van der Waals surface area contributed by atoms with Gasteiger partial charge in [0.2, 0.25) is 0 Å². The van der Waals surface area contributed by atoms with Gasteiger partial charge in [0.1, 0.15) is 17.3 Å². The molecule has 32 heavy (non-hydrogen) atoms. The highest BCUT2D eigenvalue weighted by molar-refractivity contribution is 7.80. The zero-order valence-corrected chi connectivity index (χ0v) is 19.5. The largest absolute Gasteiger partial charge is 0.497 e. The van der Waals surface area contributed by atoms with E-state index in [-0.39, 0.29) is 5.11 Å². The second kappa shape index (κ2) is 9.56. The Labute approximate surface area is 193 Å². The number of nitrogens with one attached hydrogen (secondary N) is 1. The highest BCUT2D eigenvalue weighted by Gasteiger charge is 2.24. The van der Waals surface area contributed by atoms with Gasteiger partial charge in [-0.2, -0.15) is 5.10 Å². The van der Waals surface area contributed by atoms with Gasteiger partial charge in [0.25, 0.3) is 0 Å². The lowest BCUT2D eigenvalue weighted by atomic mass is 9.94. The molecule has 1 aliphatic rings. The summed E-state index contributed by atoms with van der Waals surface area (Å²) in [4.78, 5) is 5.08. The number of ether oxygens (including phenoxy) is 2. The van der Waals surface area contributed by atoms with Crippen LogP contribution >= 0.6 is 12.2 Å². The van der Waals surface area contributed by atoms with Crippen LogP contribution in [-0.4, -0.2) is 34.6 Å². The molecule has 2 aromatic carbocycles. The number of hydrazone groups is 1. The zero-order chi connectivity index (χ0) is 22.7. The van der Waals surface area contributed by atoms with Gasteiger partial charge in [-0.25, -0.2) is 4.98 Å². The SMILES string of the molecule is COc1ccc(-c2nc3cc(/C(C)=N\NC(N)=S)ccc3n2C2CCCCC2)c(OC)c1. The summed E-state index contributed by atoms with van der Waals surface area (Å²) in [6.45, 7) is 1.91. The maximum Gasteiger partial charge on any atom is 0.184 e. The van der Waals surface area contributed by atoms with Gasteiger partial charge in [0, 0.05) is 12.1 Å². The highest BCUT2D eigenvalue weighted by Crippen LogP contribution is 2.40. The molecule has 1 aliphatic carbocycles. The summed E-state index contributed by atoms with van der Waals surface area (Å²) in [6.07, 6.45) is 6.06. The van der Waals surface area contributed by atoms with Crippen molar-refractivity contribution < 1.29 is 9.47 Å². The normalized spacial score (nSPS) is 15.0. The number of aromatic nitrogens is 2. The molecule has 0 amide bonds. The number of hydrogen-bond donors (Lipinski definition) is 2. The number of nitrogens with zero attached hydrogens (tertiary/aromatic N) is 3. The fraction of sp³-hybridized carbons (Fsp3) is 0.375. The van der Waals surface area contributed by atoms with Gasteiger partial charge in [-0.05, 0) is 61.8 Å². The molecule has 0 spiro atoms. The van der Waals surface area contributed by atoms with Crippen molar-refractivity contribution in [1.29, 1.82) is 0 Å². The first-order valence-electron chi connectivity index (χ1n) is 10.9. The molecule has 4 rings (SSSR count). The van der Waals surface area contributed by atoms with Crippen molar-refractivity contribution in [3.63, 3.8) is 0 Å². The number of imidazole rings is 1. The van der Waals surface area contributed by atoms with Crippen molar-refractivity contribution in [3.8, 4) is 22.9 Å². The van der Waals surface area contributed by atoms with Crippen LogP contribution in [-0.2, 0) is 0 Å². The van der Waals surface area contributed by atoms with Crippen molar-refractivity contribution in [1.82, 2.24) is 15.0 Å². The molecule has 8 heteroatoms. The fourth-order valence-corrected chi connectivity index (χ4v) is 4.46. The fourth-order valence-electron chi connectivity index (χ4n) is 4.41. The molecule has 3 N–H and O–H groups in total. The number of hydrogen-bond acceptors (Lipinski definition) is 5. The monoisotopic (exact) mass is 451 g/mol. The smallest absolute Gasteiger partial charge is 0.184 e. The minimum absolute atomic E-state index is 0.140. The molecular formula is C24H29N5O2S. The van der Waals surface area contributed by atoms with E-state index in [0.717, 1.165) is 58.0 Å². The van der Waals surface area contributed by atoms with Gasteiger partial charge in [0.05, 0.1) is 36.5 Å². The Balaban J connectivity index is 1.87. The number of benzene rings is 2. The first-order chi connectivity index (χ1) is 15.5. The van der Waals surface area contributed by atoms with Crippen LogP contribution < -0.4 is 20.6 Å². The summed E-state index contributed by atoms with van der Waals surface area (Å²) in [5.41, 5.74) is 12.9. The van der Waals surface area contributed by atoms with Crippen molar-refractivity contribution in [2.24, 2.45) is 10.8 Å². The Morgan fingerprint density at radius 2 is 1.91 bits per heavy atom. The first kappa shape index (κ1) is 22.1. The van der Waals surface area contributed by atoms with Crippen molar-refractivity contribution in [2.45, 2.75) is 45.1 Å². The number of thiocarbonyl (C=S) groups is 1. The van der Waals surface area contributed by atoms with E-state index in [1.165, 1.54) is 19.3 Å². The van der Waals surface area contributed by atoms with E-state index in [4.69, 9.17) is 32.4 Å². The molecule has 0 atom stereocenters. The average Bonchev–Trinajstić information content (AvgIpc) is 3.21. The second-order valence-electron chi connectivity index (χ2n) is 8.04. The maximum absolute atomic E-state index is 5.71. The van der Waals surface area contributed by atoms with Gasteiger partial charge in [0.15, 0.2) is 5.11 Å². The molecule has 7 nitrogen and oxygen atoms in total. The lowest BCUT2D eigenvalue weighted by molar-refractivity contribution is 0.361. The van der Waals surface area contributed by atoms with Crippen LogP contribution in [0.3, 0.4) is 0 Å². The van der Waals surface area contributed by atoms with Crippen LogP contribution in [0.4, 0.5) is 0 Å². The Morgan fingerprint density at radius 1 is 1.12 bits per heavy atom. The standard InChI is InChI=1S/C24H29N5O2S/c1-15(27-28-24(25)32)16-9-12-21-20(13-16)26-23(29(21)17-7-5-4-6-8-17)19-11-10-18(30-2)14-22(19)31-3/h9-14,17H,4-8H2,1-3H3,(H3,25,28,32)/b27-15-. The third-order valence-corrected chi connectivity index (χ3v) is 6.12. The Morgan fingerprint density at radius 3 is 2.59 bits per heavy atom. The van der Waals surface area contributed by atoms with E-state index >= 15 is 0 Å². The lowest BCUT2D eigenvalue weighted by Crippen LogP contribution is -2.25. The minimum atomic E-state index is 0.140. The van der Waals surface area contributed by atoms with Crippen LogP contribution in [0.15, 0.2) is 41.5 Å². The van der Waals surface area contributed by atoms with Crippen LogP contribution in [0.2, 0.25) is 0 Å². The van der Waals surface area contributed by atoms with E-state index < -0.39 is 0 Å². The zero-order valence-electron chi connectivity index (χ0n) is 18.7. The van der Waals surface area contributed by atoms with E-state index in [1.807, 2.05) is 25.1 Å². The molecule has 1 heterocycles. The molecule has 3 aromatic rings. The summed E-state index contributed by atoms with van der Waals surface area (Å²) in [7, 11) is 3.34. The molecule has 168 valence electrons. The predicted octanol–water partition coefficient (Wildman–Crippen LogP) is 4.78. The van der Waals surface area contributed by atoms with Crippen molar-refractivity contribution in [2.75, 3.05) is 14.2 Å². The van der Waals surface area contributed by atoms with Crippen LogP contribution in [0.5, 0.6) is 11.5 Å². The van der Waals surface area contributed by atoms with E-state index in [9.17, 15) is 0 Å². The molecular weight excluding hydrogens is 422 g/mol. The molecule has 0 unspecified atom stereocenters. The third kappa shape index (κ3) is 4.41. The molecule has 0 bridgehead atoms. The number of fused-ring (bicyclic) bond motifs is 1. The highest BCUT2D eigenvalue weighted by atomic mass is 32.1. The van der Waals surface area contributed by atoms with E-state index in [2.05, 4.69) is 33.3 Å². The number of methoxy groups -OCH3 is 2. The van der Waals surface area contributed by atoms with Gasteiger partial charge >= 0.3 is 0 Å². The first-order valence-corrected chi connectivity index (χ1v) is 11.3. The summed E-state index contributed by atoms with van der Waals surface area (Å²) in [5.74, 6) is 2.42. The molecule has 1 aromatic heterocycles. The minimum Gasteiger partial charge on any atom is -0.497 e. The number of rotatable bonds is 6. The summed E-state index contributed by atoms with van der Waals surface area (Å²) in [5, 5.41) is 4.40. The average molecular weight is 452 g/mol. The Kier molecular flexibility index (Phi) is 6.60. The van der Waals surface area contributed by atoms with Crippen LogP contribution in [0.25, 0.3) is 22.4 Å². The molecule has 0 radical (unpaired) electrons. The molecule has 0 saturated heterocycles. The van der Waals surface area contributed by atoms with Crippen LogP contribution in [0.1, 0.15) is 50.6 Å². The summed E-state index contributed by atoms with van der Waals surface area (Å²) >= 11 is 4.85. The van der Waals surface area contributed by atoms with Gasteiger partial charge in [-0.3, -0.25) is 5.43 Å². The molecule has 0 aliphatic heterocycles. The summed E-state index contributed by atoms with van der Waals surface area (Å²) in [6, 6.07) is 12.6. The maximum atomic E-state index is 5.71. The molecule has 1 fully saturated rings. The van der Waals surface area contributed by atoms with Gasteiger partial charge in [-0.15, -0.1) is 0 Å². The lowest BCUT2D eigenvalue weighted by Gasteiger charge is -2.26. The van der Waals surface area contributed by atoms with E-state index in [0.29, 0.717) is 6.04 Å². The van der Waals surface area contributed by atoms with Crippen molar-refractivity contribution >= 4 is 34.1 Å². The third-order valence-electron chi connectivity index (χ3n) is 6.03. The van der Waals surface area contributed by atoms with Gasteiger partial charge < -0.3 is 19.8 Å². The molecule has 1 saturated carbocycles. The summed E-state index contributed by atoms with van der Waals surface area (Å²) < 4.78 is 13.5. The predicted molar refractivity (Wildman–Crippen MR) is 133 cm³/mol. The quantitative estimate of drug-likeness (QED) is 0.319. The van der Waals surface area contributed by atoms with Crippen molar-refractivity contribution in [3.05, 3.63) is 42.0 Å². The van der Waals surface area contributed by atoms with Gasteiger partial charge in [-0.1, -0.05) is 25.3 Å². The second-order valence-corrected chi connectivity index (χ2v) is 8.48. The van der Waals surface area contributed by atoms with Crippen LogP contribution in [0, 0.1) is 0 Å². The Hall–Kier alpha value is -3.13. The van der Waals surface area contributed by atoms with E-state index in [1.54, 1.807) is 14.2 Å². The number of nitrogens with two attached hydrogens (primary N) is 1. The Bertz CT molecular complexity index is 1160.